The Morgan fingerprint density at radius 2 is 1.94 bits per heavy atom. The first-order valence-electron chi connectivity index (χ1n) is 5.31. The minimum Gasteiger partial charge on any atom is -0.480 e. The minimum atomic E-state index is -0.863. The molecule has 2 heterocycles. The van der Waals surface area contributed by atoms with Crippen LogP contribution in [-0.4, -0.2) is 20.6 Å². The molecule has 0 aliphatic carbocycles. The third-order valence-corrected chi connectivity index (χ3v) is 2.82. The predicted octanol–water partition coefficient (Wildman–Crippen LogP) is 2.27. The molecule has 4 nitrogen and oxygen atoms in total. The molecule has 0 saturated heterocycles. The van der Waals surface area contributed by atoms with Gasteiger partial charge in [0.15, 0.2) is 0 Å². The Hall–Kier alpha value is -2.36. The molecule has 0 bridgehead atoms. The highest BCUT2D eigenvalue weighted by Crippen LogP contribution is 2.26. The van der Waals surface area contributed by atoms with Crippen molar-refractivity contribution in [3.05, 3.63) is 42.6 Å². The lowest BCUT2D eigenvalue weighted by atomic mass is 10.2. The van der Waals surface area contributed by atoms with Gasteiger partial charge in [0.05, 0.1) is 5.52 Å². The van der Waals surface area contributed by atoms with Crippen LogP contribution in [0.15, 0.2) is 42.6 Å². The summed E-state index contributed by atoms with van der Waals surface area (Å²) >= 11 is 0. The lowest BCUT2D eigenvalue weighted by molar-refractivity contribution is -0.137. The van der Waals surface area contributed by atoms with Gasteiger partial charge in [0.25, 0.3) is 0 Å². The van der Waals surface area contributed by atoms with Gasteiger partial charge in [-0.1, -0.05) is 18.2 Å². The van der Waals surface area contributed by atoms with Crippen LogP contribution in [0.3, 0.4) is 0 Å². The maximum Gasteiger partial charge on any atom is 0.323 e. The van der Waals surface area contributed by atoms with Gasteiger partial charge in [-0.3, -0.25) is 4.79 Å². The van der Waals surface area contributed by atoms with Gasteiger partial charge in [-0.25, -0.2) is 4.98 Å². The van der Waals surface area contributed by atoms with Gasteiger partial charge in [0, 0.05) is 17.0 Å². The molecule has 2 aromatic heterocycles. The van der Waals surface area contributed by atoms with E-state index in [-0.39, 0.29) is 6.54 Å². The molecule has 17 heavy (non-hydrogen) atoms. The van der Waals surface area contributed by atoms with Crippen molar-refractivity contribution in [3.63, 3.8) is 0 Å². The lowest BCUT2D eigenvalue weighted by Crippen LogP contribution is -2.08. The fraction of sp³-hybridized carbons (Fsp3) is 0.0769. The number of carboxylic acids is 1. The number of nitrogens with zero attached hydrogens (tertiary/aromatic N) is 2. The van der Waals surface area contributed by atoms with Gasteiger partial charge in [0.1, 0.15) is 12.2 Å². The first-order valence-corrected chi connectivity index (χ1v) is 5.31. The standard InChI is InChI=1S/C13H10N2O2/c16-12(17)8-15-11-6-2-1-4-9(11)10-5-3-7-14-13(10)15/h1-7H,8H2,(H,16,17). The monoisotopic (exact) mass is 226 g/mol. The number of benzene rings is 1. The highest BCUT2D eigenvalue weighted by molar-refractivity contribution is 6.06. The van der Waals surface area contributed by atoms with Crippen LogP contribution in [0.4, 0.5) is 0 Å². The summed E-state index contributed by atoms with van der Waals surface area (Å²) in [5, 5.41) is 11.0. The number of hydrogen-bond acceptors (Lipinski definition) is 2. The van der Waals surface area contributed by atoms with Crippen LogP contribution in [0.25, 0.3) is 21.9 Å². The molecule has 4 heteroatoms. The molecular formula is C13H10N2O2. The number of fused-ring (bicyclic) bond motifs is 3. The summed E-state index contributed by atoms with van der Waals surface area (Å²) in [5.74, 6) is -0.863. The van der Waals surface area contributed by atoms with Crippen molar-refractivity contribution in [3.8, 4) is 0 Å². The molecule has 84 valence electrons. The fourth-order valence-corrected chi connectivity index (χ4v) is 2.17. The molecule has 0 radical (unpaired) electrons. The second kappa shape index (κ2) is 3.59. The van der Waals surface area contributed by atoms with E-state index in [0.717, 1.165) is 21.9 Å². The molecule has 0 spiro atoms. The zero-order valence-corrected chi connectivity index (χ0v) is 9.00. The van der Waals surface area contributed by atoms with Crippen molar-refractivity contribution in [1.82, 2.24) is 9.55 Å². The quantitative estimate of drug-likeness (QED) is 0.729. The summed E-state index contributed by atoms with van der Waals surface area (Å²) in [6.45, 7) is -0.0684. The van der Waals surface area contributed by atoms with Crippen LogP contribution in [0, 0.1) is 0 Å². The zero-order valence-electron chi connectivity index (χ0n) is 9.00. The first kappa shape index (κ1) is 9.84. The highest BCUT2D eigenvalue weighted by atomic mass is 16.4. The van der Waals surface area contributed by atoms with E-state index >= 15 is 0 Å². The minimum absolute atomic E-state index is 0.0684. The van der Waals surface area contributed by atoms with E-state index in [4.69, 9.17) is 5.11 Å². The summed E-state index contributed by atoms with van der Waals surface area (Å²) < 4.78 is 1.73. The SMILES string of the molecule is O=C(O)Cn1c2ccccc2c2cccnc21. The van der Waals surface area contributed by atoms with Crippen LogP contribution < -0.4 is 0 Å². The highest BCUT2D eigenvalue weighted by Gasteiger charge is 2.12. The molecule has 3 aromatic rings. The molecule has 0 unspecified atom stereocenters. The molecule has 3 rings (SSSR count). The number of para-hydroxylation sites is 1. The largest absolute Gasteiger partial charge is 0.480 e. The van der Waals surface area contributed by atoms with Crippen LogP contribution in [0.2, 0.25) is 0 Å². The Morgan fingerprint density at radius 1 is 1.18 bits per heavy atom. The van der Waals surface area contributed by atoms with Gasteiger partial charge in [-0.15, -0.1) is 0 Å². The van der Waals surface area contributed by atoms with Crippen molar-refractivity contribution in [1.29, 1.82) is 0 Å². The molecule has 0 aliphatic heterocycles. The van der Waals surface area contributed by atoms with Crippen molar-refractivity contribution in [2.24, 2.45) is 0 Å². The Balaban J connectivity index is 2.45. The maximum atomic E-state index is 10.9. The van der Waals surface area contributed by atoms with E-state index in [1.165, 1.54) is 0 Å². The van der Waals surface area contributed by atoms with Gasteiger partial charge >= 0.3 is 5.97 Å². The molecule has 0 aliphatic rings. The van der Waals surface area contributed by atoms with Crippen molar-refractivity contribution < 1.29 is 9.90 Å². The Bertz CT molecular complexity index is 662. The van der Waals surface area contributed by atoms with Gasteiger partial charge in [-0.05, 0) is 18.2 Å². The number of rotatable bonds is 2. The molecular weight excluding hydrogens is 216 g/mol. The molecule has 0 fully saturated rings. The van der Waals surface area contributed by atoms with E-state index in [1.54, 1.807) is 10.8 Å². The average Bonchev–Trinajstić information content (AvgIpc) is 2.65. The molecule has 0 atom stereocenters. The Morgan fingerprint density at radius 3 is 2.76 bits per heavy atom. The summed E-state index contributed by atoms with van der Waals surface area (Å²) in [7, 11) is 0. The zero-order chi connectivity index (χ0) is 11.8. The van der Waals surface area contributed by atoms with Crippen molar-refractivity contribution in [2.45, 2.75) is 6.54 Å². The van der Waals surface area contributed by atoms with Crippen molar-refractivity contribution in [2.75, 3.05) is 0 Å². The topological polar surface area (TPSA) is 55.1 Å². The number of hydrogen-bond donors (Lipinski definition) is 1. The van der Waals surface area contributed by atoms with E-state index < -0.39 is 5.97 Å². The Labute approximate surface area is 97.1 Å². The number of pyridine rings is 1. The third kappa shape index (κ3) is 1.45. The number of carboxylic acid groups (broad SMARTS) is 1. The van der Waals surface area contributed by atoms with Crippen LogP contribution >= 0.6 is 0 Å². The Kier molecular flexibility index (Phi) is 2.08. The molecule has 0 amide bonds. The van der Waals surface area contributed by atoms with E-state index in [2.05, 4.69) is 4.98 Å². The maximum absolute atomic E-state index is 10.9. The normalized spacial score (nSPS) is 11.1. The lowest BCUT2D eigenvalue weighted by Gasteiger charge is -2.01. The van der Waals surface area contributed by atoms with Crippen LogP contribution in [0.1, 0.15) is 0 Å². The summed E-state index contributed by atoms with van der Waals surface area (Å²) in [6, 6.07) is 11.6. The second-order valence-corrected chi connectivity index (χ2v) is 3.87. The summed E-state index contributed by atoms with van der Waals surface area (Å²) in [4.78, 5) is 15.2. The molecule has 1 N–H and O–H groups in total. The molecule has 0 saturated carbocycles. The second-order valence-electron chi connectivity index (χ2n) is 3.87. The average molecular weight is 226 g/mol. The number of aromatic nitrogens is 2. The number of carbonyl (C=O) groups is 1. The van der Waals surface area contributed by atoms with Gasteiger partial charge in [-0.2, -0.15) is 0 Å². The van der Waals surface area contributed by atoms with Crippen molar-refractivity contribution >= 4 is 27.9 Å². The van der Waals surface area contributed by atoms with Gasteiger partial charge < -0.3 is 9.67 Å². The predicted molar refractivity (Wildman–Crippen MR) is 64.9 cm³/mol. The number of aliphatic carboxylic acids is 1. The summed E-state index contributed by atoms with van der Waals surface area (Å²) in [5.41, 5.74) is 1.62. The molecule has 1 aromatic carbocycles. The van der Waals surface area contributed by atoms with E-state index in [1.807, 2.05) is 36.4 Å². The van der Waals surface area contributed by atoms with Crippen LogP contribution in [-0.2, 0) is 11.3 Å². The third-order valence-electron chi connectivity index (χ3n) is 2.82. The smallest absolute Gasteiger partial charge is 0.323 e. The van der Waals surface area contributed by atoms with E-state index in [9.17, 15) is 4.79 Å². The first-order chi connectivity index (χ1) is 8.27. The van der Waals surface area contributed by atoms with Gasteiger partial charge in [0.2, 0.25) is 0 Å². The van der Waals surface area contributed by atoms with E-state index in [0.29, 0.717) is 0 Å². The van der Waals surface area contributed by atoms with Crippen LogP contribution in [0.5, 0.6) is 0 Å². The fourth-order valence-electron chi connectivity index (χ4n) is 2.17. The summed E-state index contributed by atoms with van der Waals surface area (Å²) in [6.07, 6.45) is 1.68.